The average Bonchev–Trinajstić information content (AvgIpc) is 3.98. The van der Waals surface area contributed by atoms with E-state index in [-0.39, 0.29) is 27.4 Å². The van der Waals surface area contributed by atoms with Crippen LogP contribution in [-0.4, -0.2) is 11.8 Å². The molecule has 0 saturated carbocycles. The van der Waals surface area contributed by atoms with Crippen LogP contribution in [0.1, 0.15) is 107 Å². The van der Waals surface area contributed by atoms with Gasteiger partial charge in [-0.1, -0.05) is 177 Å². The van der Waals surface area contributed by atoms with Gasteiger partial charge in [0.1, 0.15) is 11.2 Å². The number of nitrogens with one attached hydrogen (secondary N) is 1. The summed E-state index contributed by atoms with van der Waals surface area (Å²) in [7, 11) is 0.774. The van der Waals surface area contributed by atoms with Gasteiger partial charge in [0.25, 0.3) is 0 Å². The summed E-state index contributed by atoms with van der Waals surface area (Å²) in [6.07, 6.45) is 0. The molecule has 2 aromatic heterocycles. The van der Waals surface area contributed by atoms with Crippen molar-refractivity contribution in [1.29, 1.82) is 0 Å². The molecule has 3 nitrogen and oxygen atoms in total. The Hall–Kier alpha value is -6.43. The van der Waals surface area contributed by atoms with Gasteiger partial charge in [-0.2, -0.15) is 0 Å². The quantitative estimate of drug-likeness (QED) is 0.175. The minimum Gasteiger partial charge on any atom is -0.455 e. The normalized spacial score (nSPS) is 15.9. The third-order valence-electron chi connectivity index (χ3n) is 14.7. The van der Waals surface area contributed by atoms with Crippen LogP contribution in [0.5, 0.6) is 0 Å². The van der Waals surface area contributed by atoms with Gasteiger partial charge in [0.05, 0.1) is 11.0 Å². The molecule has 1 N–H and O–H groups in total. The van der Waals surface area contributed by atoms with Gasteiger partial charge in [0.15, 0.2) is 7.28 Å². The lowest BCUT2D eigenvalue weighted by Crippen LogP contribution is -2.37. The Balaban J connectivity index is 1.19. The van der Waals surface area contributed by atoms with E-state index in [4.69, 9.17) is 4.42 Å². The number of para-hydroxylation sites is 1. The Morgan fingerprint density at radius 1 is 0.582 bits per heavy atom. The van der Waals surface area contributed by atoms with Crippen LogP contribution in [0, 0.1) is 0 Å². The van der Waals surface area contributed by atoms with E-state index in [1.165, 1.54) is 87.6 Å². The molecule has 0 amide bonds. The van der Waals surface area contributed by atoms with E-state index in [0.29, 0.717) is 0 Å². The van der Waals surface area contributed by atoms with E-state index in [0.717, 1.165) is 40.8 Å². The zero-order valence-corrected chi connectivity index (χ0v) is 41.0. The lowest BCUT2D eigenvalue weighted by molar-refractivity contribution is 0.590. The molecule has 0 saturated heterocycles. The number of rotatable bonds is 5. The van der Waals surface area contributed by atoms with Crippen LogP contribution in [0.3, 0.4) is 0 Å². The number of benzene rings is 8. The molecule has 2 atom stereocenters. The highest BCUT2D eigenvalue weighted by atomic mass is 32.2. The Morgan fingerprint density at radius 3 is 1.91 bits per heavy atom. The second-order valence-electron chi connectivity index (χ2n) is 22.2. The van der Waals surface area contributed by atoms with Crippen molar-refractivity contribution >= 4 is 85.1 Å². The van der Waals surface area contributed by atoms with Crippen molar-refractivity contribution in [2.75, 3.05) is 5.32 Å². The topological polar surface area (TPSA) is 30.1 Å². The second-order valence-corrected chi connectivity index (χ2v) is 23.4. The van der Waals surface area contributed by atoms with Gasteiger partial charge in [0, 0.05) is 65.8 Å². The number of furan rings is 1. The van der Waals surface area contributed by atoms with Crippen molar-refractivity contribution < 1.29 is 4.42 Å². The summed E-state index contributed by atoms with van der Waals surface area (Å²) in [6, 6.07) is 59.4. The molecule has 0 aliphatic carbocycles. The van der Waals surface area contributed by atoms with Crippen LogP contribution in [0.25, 0.3) is 60.6 Å². The predicted octanol–water partition coefficient (Wildman–Crippen LogP) is 15.7. The number of anilines is 2. The third-order valence-corrected chi connectivity index (χ3v) is 16.1. The average molecular weight is 889 g/mol. The van der Waals surface area contributed by atoms with Gasteiger partial charge >= 0.3 is 0 Å². The van der Waals surface area contributed by atoms with Gasteiger partial charge in [-0.25, -0.2) is 0 Å². The van der Waals surface area contributed by atoms with E-state index in [1.807, 2.05) is 11.8 Å². The van der Waals surface area contributed by atoms with Gasteiger partial charge in [-0.05, 0) is 104 Å². The highest BCUT2D eigenvalue weighted by molar-refractivity contribution is 8.00. The Morgan fingerprint density at radius 2 is 1.21 bits per heavy atom. The van der Waals surface area contributed by atoms with E-state index in [2.05, 4.69) is 230 Å². The first kappa shape index (κ1) is 42.0. The van der Waals surface area contributed by atoms with Crippen molar-refractivity contribution in [3.05, 3.63) is 191 Å². The lowest BCUT2D eigenvalue weighted by Gasteiger charge is -2.27. The fourth-order valence-corrected chi connectivity index (χ4v) is 12.6. The Bertz CT molecular complexity index is 3600. The van der Waals surface area contributed by atoms with Crippen molar-refractivity contribution in [2.45, 2.75) is 94.6 Å². The van der Waals surface area contributed by atoms with Crippen LogP contribution in [-0.2, 0) is 16.2 Å². The van der Waals surface area contributed by atoms with Gasteiger partial charge in [0.2, 0.25) is 0 Å². The smallest absolute Gasteiger partial charge is 0.198 e. The molecule has 5 heteroatoms. The number of nitrogens with zero attached hydrogens (tertiary/aromatic N) is 1. The second kappa shape index (κ2) is 15.0. The zero-order valence-electron chi connectivity index (χ0n) is 40.1. The summed E-state index contributed by atoms with van der Waals surface area (Å²) >= 11 is 2.03. The molecule has 0 spiro atoms. The molecular weight excluding hydrogens is 832 g/mol. The van der Waals surface area contributed by atoms with Crippen molar-refractivity contribution in [2.24, 2.45) is 0 Å². The fraction of sp³-hybridized carbons (Fsp3) is 0.226. The van der Waals surface area contributed by atoms with Crippen molar-refractivity contribution in [3.63, 3.8) is 0 Å². The molecule has 0 bridgehead atoms. The molecule has 2 aliphatic heterocycles. The fourth-order valence-electron chi connectivity index (χ4n) is 11.1. The number of hydrogen-bond acceptors (Lipinski definition) is 3. The SMILES string of the molecule is CC(C)(C)c1ccc(Nc2ccc(C(C)(C)C)cc2-c2c3c4c(c5cc(C(C)(C)C)ccc5n4-c4cc5c(cc4B3)SC(c3ccccc3)C5c3ccccc3)c3c2oc2ccccc23)cc1. The van der Waals surface area contributed by atoms with E-state index >= 15 is 0 Å². The van der Waals surface area contributed by atoms with Crippen molar-refractivity contribution in [3.8, 4) is 16.8 Å². The number of fused-ring (bicyclic) bond motifs is 10. The van der Waals surface area contributed by atoms with Crippen LogP contribution in [0.2, 0.25) is 0 Å². The molecular formula is C62H57BN2OS. The molecule has 12 rings (SSSR count). The predicted molar refractivity (Wildman–Crippen MR) is 289 cm³/mol. The number of hydrogen-bond donors (Lipinski definition) is 1. The molecule has 0 radical (unpaired) electrons. The summed E-state index contributed by atoms with van der Waals surface area (Å²) in [6.45, 7) is 20.8. The van der Waals surface area contributed by atoms with Gasteiger partial charge in [-0.15, -0.1) is 11.8 Å². The Labute approximate surface area is 399 Å². The third kappa shape index (κ3) is 6.79. The summed E-state index contributed by atoms with van der Waals surface area (Å²) in [4.78, 5) is 1.37. The maximum Gasteiger partial charge on any atom is 0.198 e. The minimum absolute atomic E-state index is 0.0342. The van der Waals surface area contributed by atoms with Crippen LogP contribution in [0.15, 0.2) is 167 Å². The standard InChI is InChI=1S/C62H57BN2OS/c1-60(2,3)38-24-28-41(29-25-38)64-47-30-26-39(61(4,5)6)32-43(47)55-56-57-53(54-42-22-16-17-23-50(42)66-58(54)55)44-33-40(62(7,8)9)27-31-48(44)65(57)49-34-45-51(35-46(49)63-56)67-59(37-20-14-11-15-21-37)52(45)36-18-12-10-13-19-36/h10-35,52,59,63-64H,1-9H3. The van der Waals surface area contributed by atoms with Gasteiger partial charge < -0.3 is 14.3 Å². The van der Waals surface area contributed by atoms with Crippen molar-refractivity contribution in [1.82, 2.24) is 4.57 Å². The highest BCUT2D eigenvalue weighted by Gasteiger charge is 2.39. The minimum atomic E-state index is -0.0802. The van der Waals surface area contributed by atoms with E-state index in [1.54, 1.807) is 0 Å². The highest BCUT2D eigenvalue weighted by Crippen LogP contribution is 2.58. The monoisotopic (exact) mass is 888 g/mol. The Kier molecular flexibility index (Phi) is 9.42. The molecule has 2 aliphatic rings. The first-order chi connectivity index (χ1) is 32.1. The summed E-state index contributed by atoms with van der Waals surface area (Å²) in [5.74, 6) is 0.210. The summed E-state index contributed by atoms with van der Waals surface area (Å²) in [5, 5.41) is 9.10. The molecule has 10 aromatic rings. The maximum absolute atomic E-state index is 7.30. The first-order valence-electron chi connectivity index (χ1n) is 24.0. The molecule has 8 aromatic carbocycles. The van der Waals surface area contributed by atoms with Crippen LogP contribution < -0.4 is 16.2 Å². The van der Waals surface area contributed by atoms with E-state index < -0.39 is 0 Å². The van der Waals surface area contributed by atoms with Gasteiger partial charge in [-0.3, -0.25) is 0 Å². The van der Waals surface area contributed by atoms with Crippen LogP contribution >= 0.6 is 11.8 Å². The molecule has 4 heterocycles. The van der Waals surface area contributed by atoms with E-state index in [9.17, 15) is 0 Å². The number of aromatic nitrogens is 1. The molecule has 2 unspecified atom stereocenters. The number of thioether (sulfide) groups is 1. The lowest BCUT2D eigenvalue weighted by atomic mass is 9.58. The summed E-state index contributed by atoms with van der Waals surface area (Å²) < 4.78 is 9.94. The molecule has 0 fully saturated rings. The zero-order chi connectivity index (χ0) is 46.1. The first-order valence-corrected chi connectivity index (χ1v) is 24.9. The largest absolute Gasteiger partial charge is 0.455 e. The molecule has 67 heavy (non-hydrogen) atoms. The maximum atomic E-state index is 7.30. The van der Waals surface area contributed by atoms with Crippen LogP contribution in [0.4, 0.5) is 11.4 Å². The molecule has 330 valence electrons. The summed E-state index contributed by atoms with van der Waals surface area (Å²) in [5.41, 5.74) is 20.8.